The van der Waals surface area contributed by atoms with Gasteiger partial charge in [0.2, 0.25) is 11.9 Å². The minimum Gasteiger partial charge on any atom is -0.324 e. The van der Waals surface area contributed by atoms with Crippen molar-refractivity contribution in [2.75, 3.05) is 10.6 Å². The van der Waals surface area contributed by atoms with Gasteiger partial charge in [0, 0.05) is 53.2 Å². The van der Waals surface area contributed by atoms with E-state index in [0.717, 1.165) is 106 Å². The number of aromatic nitrogens is 3. The summed E-state index contributed by atoms with van der Waals surface area (Å²) in [5.74, 6) is 2.68. The number of unbranched alkanes of at least 4 members (excludes halogenated alkanes) is 4. The molecule has 0 aliphatic heterocycles. The Kier molecular flexibility index (Phi) is 19.1. The van der Waals surface area contributed by atoms with E-state index in [1.54, 1.807) is 0 Å². The second kappa shape index (κ2) is 24.1. The Morgan fingerprint density at radius 2 is 0.965 bits per heavy atom. The van der Waals surface area contributed by atoms with Crippen LogP contribution in [-0.4, -0.2) is 32.3 Å². The fraction of sp³-hybridized carbons (Fsp3) is 0.510. The molecule has 0 radical (unpaired) electrons. The van der Waals surface area contributed by atoms with Crippen LogP contribution in [0.4, 0.5) is 23.3 Å². The van der Waals surface area contributed by atoms with E-state index in [-0.39, 0.29) is 23.3 Å². The number of hydrogen-bond donors (Lipinski definition) is 2. The van der Waals surface area contributed by atoms with Crippen LogP contribution in [0, 0.1) is 17.8 Å². The first-order chi connectivity index (χ1) is 27.7. The molecule has 3 aromatic carbocycles. The predicted octanol–water partition coefficient (Wildman–Crippen LogP) is 13.3. The van der Waals surface area contributed by atoms with E-state index in [4.69, 9.17) is 15.0 Å². The van der Waals surface area contributed by atoms with Gasteiger partial charge in [-0.3, -0.25) is 14.4 Å². The van der Waals surface area contributed by atoms with Crippen LogP contribution < -0.4 is 10.6 Å². The Bertz CT molecular complexity index is 1730. The predicted molar refractivity (Wildman–Crippen MR) is 235 cm³/mol. The molecular formula is C49H67N5O3. The van der Waals surface area contributed by atoms with Crippen molar-refractivity contribution < 1.29 is 14.4 Å². The van der Waals surface area contributed by atoms with Gasteiger partial charge in [0.05, 0.1) is 0 Å². The van der Waals surface area contributed by atoms with Crippen molar-refractivity contribution in [3.8, 4) is 0 Å². The van der Waals surface area contributed by atoms with Crippen LogP contribution in [0.1, 0.15) is 180 Å². The van der Waals surface area contributed by atoms with Gasteiger partial charge >= 0.3 is 0 Å². The van der Waals surface area contributed by atoms with Crippen LogP contribution in [0.15, 0.2) is 72.8 Å². The Hall–Kier alpha value is -4.72. The first kappa shape index (κ1) is 45.0. The number of ketones is 3. The maximum atomic E-state index is 13.3. The van der Waals surface area contributed by atoms with Crippen LogP contribution >= 0.6 is 0 Å². The van der Waals surface area contributed by atoms with Crippen molar-refractivity contribution in [1.82, 2.24) is 15.0 Å². The van der Waals surface area contributed by atoms with E-state index in [1.165, 1.54) is 0 Å². The zero-order valence-electron chi connectivity index (χ0n) is 35.5. The fourth-order valence-corrected chi connectivity index (χ4v) is 7.36. The average molecular weight is 774 g/mol. The highest BCUT2D eigenvalue weighted by molar-refractivity contribution is 5.98. The molecule has 8 nitrogen and oxygen atoms in total. The number of hydrogen-bond acceptors (Lipinski definition) is 8. The molecule has 3 unspecified atom stereocenters. The molecule has 0 aliphatic rings. The molecule has 4 rings (SSSR count). The fourth-order valence-electron chi connectivity index (χ4n) is 7.36. The summed E-state index contributed by atoms with van der Waals surface area (Å²) >= 11 is 0. The summed E-state index contributed by atoms with van der Waals surface area (Å²) in [5.41, 5.74) is 4.64. The van der Waals surface area contributed by atoms with Crippen LogP contribution in [0.5, 0.6) is 0 Å². The molecule has 0 saturated heterocycles. The summed E-state index contributed by atoms with van der Waals surface area (Å²) < 4.78 is 0. The molecule has 306 valence electrons. The summed E-state index contributed by atoms with van der Waals surface area (Å²) in [6.45, 7) is 13.0. The molecule has 0 spiro atoms. The number of rotatable bonds is 27. The second-order valence-corrected chi connectivity index (χ2v) is 15.7. The number of nitrogens with zero attached hydrogens (tertiary/aromatic N) is 3. The van der Waals surface area contributed by atoms with E-state index in [2.05, 4.69) is 52.2 Å². The van der Waals surface area contributed by atoms with Crippen LogP contribution in [-0.2, 0) is 6.42 Å². The van der Waals surface area contributed by atoms with Gasteiger partial charge in [0.25, 0.3) is 0 Å². The summed E-state index contributed by atoms with van der Waals surface area (Å²) in [7, 11) is 0. The number of carbonyl (C=O) groups is 3. The first-order valence-electron chi connectivity index (χ1n) is 21.9. The molecule has 3 atom stereocenters. The van der Waals surface area contributed by atoms with Gasteiger partial charge in [-0.05, 0) is 78.8 Å². The zero-order chi connectivity index (χ0) is 41.0. The lowest BCUT2D eigenvalue weighted by molar-refractivity contribution is 0.0905. The molecule has 57 heavy (non-hydrogen) atoms. The van der Waals surface area contributed by atoms with E-state index in [1.807, 2.05) is 72.8 Å². The van der Waals surface area contributed by atoms with Crippen molar-refractivity contribution in [3.05, 3.63) is 101 Å². The zero-order valence-corrected chi connectivity index (χ0v) is 35.5. The van der Waals surface area contributed by atoms with Crippen molar-refractivity contribution in [3.63, 3.8) is 0 Å². The lowest BCUT2D eigenvalue weighted by Gasteiger charge is -2.15. The highest BCUT2D eigenvalue weighted by Crippen LogP contribution is 2.25. The molecule has 0 fully saturated rings. The summed E-state index contributed by atoms with van der Waals surface area (Å²) in [5, 5.41) is 6.65. The highest BCUT2D eigenvalue weighted by atomic mass is 16.1. The largest absolute Gasteiger partial charge is 0.324 e. The maximum absolute atomic E-state index is 13.3. The standard InChI is InChI=1S/C49H67N5O3/c1-7-13-16-19-38(12-6)47(57)41-26-30-43(31-27-41)51-49-53-46(34-37-20-22-39(23-21-37)44(55)32-35(10-4)17-14-8-2)52-48(54-49)50-42-28-24-40(25-29-42)45(56)33-36(11-5)18-15-9-3/h20-31,35-36,38H,7-19,32-34H2,1-6H3,(H2,50,51,52,53,54). The molecule has 0 bridgehead atoms. The van der Waals surface area contributed by atoms with E-state index >= 15 is 0 Å². The lowest BCUT2D eigenvalue weighted by Crippen LogP contribution is -2.14. The molecule has 0 amide bonds. The van der Waals surface area contributed by atoms with Gasteiger partial charge in [-0.15, -0.1) is 0 Å². The maximum Gasteiger partial charge on any atom is 0.232 e. The van der Waals surface area contributed by atoms with Crippen molar-refractivity contribution >= 4 is 40.6 Å². The van der Waals surface area contributed by atoms with Crippen LogP contribution in [0.3, 0.4) is 0 Å². The number of benzene rings is 3. The lowest BCUT2D eigenvalue weighted by atomic mass is 9.90. The normalized spacial score (nSPS) is 12.8. The van der Waals surface area contributed by atoms with Gasteiger partial charge < -0.3 is 10.6 Å². The molecular weight excluding hydrogens is 707 g/mol. The first-order valence-corrected chi connectivity index (χ1v) is 21.9. The summed E-state index contributed by atoms with van der Waals surface area (Å²) in [4.78, 5) is 53.8. The SMILES string of the molecule is CCCCCC(CC)C(=O)c1ccc(Nc2nc(Cc3ccc(C(=O)CC(CC)CCCC)cc3)nc(Nc3ccc(C(=O)CC(CC)CCCC)cc3)n2)cc1. The second-order valence-electron chi connectivity index (χ2n) is 15.7. The van der Waals surface area contributed by atoms with Crippen molar-refractivity contribution in [1.29, 1.82) is 0 Å². The molecule has 0 saturated carbocycles. The minimum atomic E-state index is 0.0348. The average Bonchev–Trinajstić information content (AvgIpc) is 3.23. The van der Waals surface area contributed by atoms with Gasteiger partial charge in [-0.2, -0.15) is 15.0 Å². The molecule has 0 aliphatic carbocycles. The molecule has 2 N–H and O–H groups in total. The van der Waals surface area contributed by atoms with Gasteiger partial charge in [-0.1, -0.05) is 136 Å². The molecule has 8 heteroatoms. The quantitative estimate of drug-likeness (QED) is 0.0455. The summed E-state index contributed by atoms with van der Waals surface area (Å²) in [6.07, 6.45) is 15.4. The Balaban J connectivity index is 1.54. The van der Waals surface area contributed by atoms with Gasteiger partial charge in [-0.25, -0.2) is 0 Å². The van der Waals surface area contributed by atoms with E-state index in [0.29, 0.717) is 59.9 Å². The Labute approximate surface area is 342 Å². The third kappa shape index (κ3) is 14.6. The molecule has 4 aromatic rings. The minimum absolute atomic E-state index is 0.0348. The smallest absolute Gasteiger partial charge is 0.232 e. The third-order valence-corrected chi connectivity index (χ3v) is 11.3. The Morgan fingerprint density at radius 1 is 0.509 bits per heavy atom. The number of Topliss-reactive ketones (excluding diaryl/α,β-unsaturated/α-hetero) is 3. The van der Waals surface area contributed by atoms with Gasteiger partial charge in [0.1, 0.15) is 5.82 Å². The topological polar surface area (TPSA) is 114 Å². The van der Waals surface area contributed by atoms with Crippen molar-refractivity contribution in [2.24, 2.45) is 17.8 Å². The summed E-state index contributed by atoms with van der Waals surface area (Å²) in [6, 6.07) is 22.8. The van der Waals surface area contributed by atoms with Crippen LogP contribution in [0.25, 0.3) is 0 Å². The highest BCUT2D eigenvalue weighted by Gasteiger charge is 2.19. The number of nitrogens with one attached hydrogen (secondary N) is 2. The van der Waals surface area contributed by atoms with Gasteiger partial charge in [0.15, 0.2) is 17.3 Å². The van der Waals surface area contributed by atoms with E-state index in [9.17, 15) is 14.4 Å². The van der Waals surface area contributed by atoms with Crippen molar-refractivity contribution in [2.45, 2.75) is 144 Å². The third-order valence-electron chi connectivity index (χ3n) is 11.3. The Morgan fingerprint density at radius 3 is 1.40 bits per heavy atom. The van der Waals surface area contributed by atoms with Crippen LogP contribution in [0.2, 0.25) is 0 Å². The molecule has 1 aromatic heterocycles. The number of carbonyl (C=O) groups excluding carboxylic acids is 3. The number of anilines is 4. The van der Waals surface area contributed by atoms with E-state index < -0.39 is 0 Å². The molecule has 1 heterocycles. The monoisotopic (exact) mass is 774 g/mol.